The van der Waals surface area contributed by atoms with Crippen molar-refractivity contribution in [2.45, 2.75) is 13.3 Å². The van der Waals surface area contributed by atoms with Crippen molar-refractivity contribution in [3.63, 3.8) is 0 Å². The smallest absolute Gasteiger partial charge is 0.328 e. The summed E-state index contributed by atoms with van der Waals surface area (Å²) in [6, 6.07) is 20.0. The number of carboxylic acids is 1. The summed E-state index contributed by atoms with van der Waals surface area (Å²) in [5, 5.41) is 8.77. The summed E-state index contributed by atoms with van der Waals surface area (Å²) < 4.78 is 26.9. The Kier molecular flexibility index (Phi) is 6.35. The van der Waals surface area contributed by atoms with Crippen LogP contribution in [0, 0.1) is 11.6 Å². The van der Waals surface area contributed by atoms with E-state index in [1.807, 2.05) is 31.2 Å². The third-order valence-electron chi connectivity index (χ3n) is 4.60. The molecule has 0 aliphatic carbocycles. The molecule has 0 aromatic heterocycles. The number of hydrogen-bond acceptors (Lipinski definition) is 1. The van der Waals surface area contributed by atoms with Gasteiger partial charge in [0.25, 0.3) is 0 Å². The van der Waals surface area contributed by atoms with Crippen LogP contribution in [0.25, 0.3) is 17.2 Å². The van der Waals surface area contributed by atoms with Crippen molar-refractivity contribution < 1.29 is 18.7 Å². The lowest BCUT2D eigenvalue weighted by molar-refractivity contribution is -0.131. The predicted molar refractivity (Wildman–Crippen MR) is 112 cm³/mol. The van der Waals surface area contributed by atoms with Crippen LogP contribution in [-0.4, -0.2) is 11.1 Å². The molecule has 4 heteroatoms. The van der Waals surface area contributed by atoms with E-state index in [1.54, 1.807) is 24.3 Å². The van der Waals surface area contributed by atoms with Crippen molar-refractivity contribution in [3.05, 3.63) is 113 Å². The first kappa shape index (κ1) is 20.2. The van der Waals surface area contributed by atoms with E-state index in [-0.39, 0.29) is 11.6 Å². The monoisotopic (exact) mass is 390 g/mol. The molecular formula is C25H20F2O2. The fourth-order valence-electron chi connectivity index (χ4n) is 3.24. The van der Waals surface area contributed by atoms with Crippen LogP contribution in [0.5, 0.6) is 0 Å². The van der Waals surface area contributed by atoms with Crippen LogP contribution in [0.3, 0.4) is 0 Å². The fourth-order valence-corrected chi connectivity index (χ4v) is 3.24. The van der Waals surface area contributed by atoms with Gasteiger partial charge in [-0.3, -0.25) is 0 Å². The van der Waals surface area contributed by atoms with Crippen molar-refractivity contribution in [1.29, 1.82) is 0 Å². The molecule has 0 spiro atoms. The standard InChI is InChI=1S/C25H20F2O2/c1-2-23(18-6-3-17(4-7-18)5-16-24(28)29)25(19-8-12-21(26)13-9-19)20-10-14-22(27)15-11-20/h3-16H,2H2,1H3,(H,28,29). The van der Waals surface area contributed by atoms with E-state index in [0.29, 0.717) is 6.42 Å². The summed E-state index contributed by atoms with van der Waals surface area (Å²) in [6.45, 7) is 2.03. The van der Waals surface area contributed by atoms with Gasteiger partial charge < -0.3 is 5.11 Å². The molecule has 0 saturated heterocycles. The highest BCUT2D eigenvalue weighted by molar-refractivity contribution is 5.98. The Morgan fingerprint density at radius 2 is 1.24 bits per heavy atom. The zero-order valence-corrected chi connectivity index (χ0v) is 15.9. The molecule has 0 heterocycles. The average Bonchev–Trinajstić information content (AvgIpc) is 2.73. The van der Waals surface area contributed by atoms with E-state index in [0.717, 1.165) is 39.5 Å². The summed E-state index contributed by atoms with van der Waals surface area (Å²) >= 11 is 0. The van der Waals surface area contributed by atoms with Gasteiger partial charge in [0, 0.05) is 6.08 Å². The van der Waals surface area contributed by atoms with Gasteiger partial charge in [-0.05, 0) is 70.2 Å². The molecule has 0 fully saturated rings. The highest BCUT2D eigenvalue weighted by atomic mass is 19.1. The molecule has 2 nitrogen and oxygen atoms in total. The minimum Gasteiger partial charge on any atom is -0.478 e. The molecule has 0 radical (unpaired) electrons. The second kappa shape index (κ2) is 9.11. The van der Waals surface area contributed by atoms with Crippen LogP contribution in [0.1, 0.15) is 35.6 Å². The third kappa shape index (κ3) is 5.05. The summed E-state index contributed by atoms with van der Waals surface area (Å²) in [7, 11) is 0. The van der Waals surface area contributed by atoms with Crippen molar-refractivity contribution in [1.82, 2.24) is 0 Å². The van der Waals surface area contributed by atoms with Crippen LogP contribution < -0.4 is 0 Å². The lowest BCUT2D eigenvalue weighted by Crippen LogP contribution is -1.96. The number of aliphatic carboxylic acids is 1. The molecule has 146 valence electrons. The van der Waals surface area contributed by atoms with E-state index in [4.69, 9.17) is 5.11 Å². The molecule has 29 heavy (non-hydrogen) atoms. The first-order chi connectivity index (χ1) is 14.0. The third-order valence-corrected chi connectivity index (χ3v) is 4.60. The van der Waals surface area contributed by atoms with Crippen LogP contribution >= 0.6 is 0 Å². The van der Waals surface area contributed by atoms with Crippen molar-refractivity contribution in [2.24, 2.45) is 0 Å². The van der Waals surface area contributed by atoms with Gasteiger partial charge in [-0.2, -0.15) is 0 Å². The summed E-state index contributed by atoms with van der Waals surface area (Å²) in [5.41, 5.74) is 5.34. The van der Waals surface area contributed by atoms with Crippen LogP contribution in [0.4, 0.5) is 8.78 Å². The fraction of sp³-hybridized carbons (Fsp3) is 0.0800. The van der Waals surface area contributed by atoms with E-state index >= 15 is 0 Å². The van der Waals surface area contributed by atoms with Crippen molar-refractivity contribution in [3.8, 4) is 0 Å². The van der Waals surface area contributed by atoms with E-state index < -0.39 is 5.97 Å². The maximum Gasteiger partial charge on any atom is 0.328 e. The minimum absolute atomic E-state index is 0.320. The number of rotatable bonds is 6. The Balaban J connectivity index is 2.14. The highest BCUT2D eigenvalue weighted by Gasteiger charge is 2.13. The maximum atomic E-state index is 13.5. The quantitative estimate of drug-likeness (QED) is 0.389. The molecule has 1 N–H and O–H groups in total. The summed E-state index contributed by atoms with van der Waals surface area (Å²) in [4.78, 5) is 10.7. The molecule has 0 bridgehead atoms. The topological polar surface area (TPSA) is 37.3 Å². The van der Waals surface area contributed by atoms with E-state index in [2.05, 4.69) is 0 Å². The molecule has 3 rings (SSSR count). The molecule has 3 aromatic rings. The molecule has 0 aliphatic heterocycles. The minimum atomic E-state index is -1.00. The molecule has 0 atom stereocenters. The van der Waals surface area contributed by atoms with Crippen LogP contribution in [0.2, 0.25) is 0 Å². The molecule has 0 saturated carbocycles. The van der Waals surface area contributed by atoms with E-state index in [1.165, 1.54) is 30.3 Å². The first-order valence-electron chi connectivity index (χ1n) is 9.24. The SMILES string of the molecule is CCC(=C(c1ccc(F)cc1)c1ccc(F)cc1)c1ccc(C=CC(=O)O)cc1. The Hall–Kier alpha value is -3.53. The molecule has 0 amide bonds. The van der Waals surface area contributed by atoms with Gasteiger partial charge in [-0.15, -0.1) is 0 Å². The first-order valence-corrected chi connectivity index (χ1v) is 9.24. The Morgan fingerprint density at radius 1 is 0.793 bits per heavy atom. The molecule has 0 aliphatic rings. The largest absolute Gasteiger partial charge is 0.478 e. The summed E-state index contributed by atoms with van der Waals surface area (Å²) in [5.74, 6) is -1.64. The van der Waals surface area contributed by atoms with Crippen molar-refractivity contribution in [2.75, 3.05) is 0 Å². The van der Waals surface area contributed by atoms with Gasteiger partial charge in [0.05, 0.1) is 0 Å². The zero-order chi connectivity index (χ0) is 20.8. The highest BCUT2D eigenvalue weighted by Crippen LogP contribution is 2.34. The van der Waals surface area contributed by atoms with Gasteiger partial charge in [-0.1, -0.05) is 55.5 Å². The van der Waals surface area contributed by atoms with Crippen LogP contribution in [0.15, 0.2) is 78.9 Å². The number of hydrogen-bond donors (Lipinski definition) is 1. The van der Waals surface area contributed by atoms with Gasteiger partial charge >= 0.3 is 5.97 Å². The number of carbonyl (C=O) groups is 1. The van der Waals surface area contributed by atoms with Gasteiger partial charge in [-0.25, -0.2) is 13.6 Å². The molecule has 0 unspecified atom stereocenters. The maximum absolute atomic E-state index is 13.5. The normalized spacial score (nSPS) is 10.9. The second-order valence-electron chi connectivity index (χ2n) is 6.51. The van der Waals surface area contributed by atoms with Gasteiger partial charge in [0.2, 0.25) is 0 Å². The zero-order valence-electron chi connectivity index (χ0n) is 15.9. The second-order valence-corrected chi connectivity index (χ2v) is 6.51. The Bertz CT molecular complexity index is 998. The summed E-state index contributed by atoms with van der Waals surface area (Å²) in [6.07, 6.45) is 3.32. The van der Waals surface area contributed by atoms with Crippen molar-refractivity contribution >= 4 is 23.2 Å². The lowest BCUT2D eigenvalue weighted by Gasteiger charge is -2.16. The molecular weight excluding hydrogens is 370 g/mol. The molecule has 3 aromatic carbocycles. The average molecular weight is 390 g/mol. The number of benzene rings is 3. The predicted octanol–water partition coefficient (Wildman–Crippen LogP) is 6.43. The van der Waals surface area contributed by atoms with Gasteiger partial charge in [0.1, 0.15) is 11.6 Å². The number of carboxylic acid groups (broad SMARTS) is 1. The van der Waals surface area contributed by atoms with E-state index in [9.17, 15) is 13.6 Å². The van der Waals surface area contributed by atoms with Crippen LogP contribution in [-0.2, 0) is 4.79 Å². The number of halogens is 2. The van der Waals surface area contributed by atoms with Gasteiger partial charge in [0.15, 0.2) is 0 Å². The number of allylic oxidation sites excluding steroid dienone is 1. The Labute approximate surface area is 168 Å². The lowest BCUT2D eigenvalue weighted by atomic mass is 9.88. The Morgan fingerprint density at radius 3 is 1.66 bits per heavy atom.